The van der Waals surface area contributed by atoms with E-state index in [0.717, 1.165) is 0 Å². The predicted octanol–water partition coefficient (Wildman–Crippen LogP) is 2.50. The minimum atomic E-state index is 0.242. The number of rotatable bonds is 2. The molecule has 4 nitrogen and oxygen atoms in total. The van der Waals surface area contributed by atoms with Crippen molar-refractivity contribution in [1.82, 2.24) is 9.97 Å². The van der Waals surface area contributed by atoms with Crippen molar-refractivity contribution in [2.45, 2.75) is 0 Å². The van der Waals surface area contributed by atoms with E-state index in [2.05, 4.69) is 9.97 Å². The molecule has 0 fully saturated rings. The quantitative estimate of drug-likeness (QED) is 0.847. The van der Waals surface area contributed by atoms with Gasteiger partial charge in [-0.05, 0) is 18.2 Å². The van der Waals surface area contributed by atoms with Crippen LogP contribution in [0.3, 0.4) is 0 Å². The number of anilines is 1. The summed E-state index contributed by atoms with van der Waals surface area (Å²) in [6, 6.07) is 7.24. The summed E-state index contributed by atoms with van der Waals surface area (Å²) in [6.45, 7) is 0. The van der Waals surface area contributed by atoms with Crippen LogP contribution in [0.25, 0.3) is 0 Å². The molecule has 0 radical (unpaired) electrons. The lowest BCUT2D eigenvalue weighted by atomic mass is 10.3. The molecule has 2 rings (SSSR count). The maximum Gasteiger partial charge on any atom is 0.322 e. The molecule has 2 N–H and O–H groups in total. The Kier molecular flexibility index (Phi) is 2.69. The second-order valence-electron chi connectivity index (χ2n) is 2.86. The van der Waals surface area contributed by atoms with E-state index in [4.69, 9.17) is 22.1 Å². The Balaban J connectivity index is 2.18. The van der Waals surface area contributed by atoms with Crippen LogP contribution in [0.1, 0.15) is 0 Å². The molecule has 1 aromatic heterocycles. The van der Waals surface area contributed by atoms with E-state index in [9.17, 15) is 0 Å². The summed E-state index contributed by atoms with van der Waals surface area (Å²) in [5.41, 5.74) is 5.94. The molecule has 15 heavy (non-hydrogen) atoms. The van der Waals surface area contributed by atoms with Gasteiger partial charge in [0, 0.05) is 5.02 Å². The first-order valence-electron chi connectivity index (χ1n) is 4.25. The zero-order valence-corrected chi connectivity index (χ0v) is 8.48. The van der Waals surface area contributed by atoms with Gasteiger partial charge in [0.15, 0.2) is 0 Å². The molecule has 0 amide bonds. The molecule has 0 unspecified atom stereocenters. The summed E-state index contributed by atoms with van der Waals surface area (Å²) in [5.74, 6) is 0.590. The fourth-order valence-electron chi connectivity index (χ4n) is 1.01. The van der Waals surface area contributed by atoms with Crippen LogP contribution >= 0.6 is 11.6 Å². The number of nitrogens with two attached hydrogens (primary N) is 1. The highest BCUT2D eigenvalue weighted by molar-refractivity contribution is 6.30. The van der Waals surface area contributed by atoms with Crippen LogP contribution in [-0.4, -0.2) is 9.97 Å². The predicted molar refractivity (Wildman–Crippen MR) is 58.0 cm³/mol. The van der Waals surface area contributed by atoms with Crippen LogP contribution in [0.15, 0.2) is 36.7 Å². The summed E-state index contributed by atoms with van der Waals surface area (Å²) in [7, 11) is 0. The first-order valence-corrected chi connectivity index (χ1v) is 4.63. The number of hydrogen-bond acceptors (Lipinski definition) is 4. The van der Waals surface area contributed by atoms with E-state index in [1.807, 2.05) is 0 Å². The SMILES string of the molecule is Nc1cnc(Oc2cccc(Cl)c2)nc1. The van der Waals surface area contributed by atoms with Gasteiger partial charge >= 0.3 is 6.01 Å². The number of hydrogen-bond donors (Lipinski definition) is 1. The third-order valence-corrected chi connectivity index (χ3v) is 1.89. The highest BCUT2D eigenvalue weighted by Gasteiger charge is 1.99. The smallest absolute Gasteiger partial charge is 0.322 e. The Labute approximate surface area is 91.7 Å². The van der Waals surface area contributed by atoms with Gasteiger partial charge < -0.3 is 10.5 Å². The lowest BCUT2D eigenvalue weighted by Crippen LogP contribution is -1.93. The standard InChI is InChI=1S/C10H8ClN3O/c11-7-2-1-3-9(4-7)15-10-13-5-8(12)6-14-10/h1-6H,12H2. The highest BCUT2D eigenvalue weighted by Crippen LogP contribution is 2.21. The Morgan fingerprint density at radius 1 is 1.20 bits per heavy atom. The fraction of sp³-hybridized carbons (Fsp3) is 0. The number of nitrogens with zero attached hydrogens (tertiary/aromatic N) is 2. The third kappa shape index (κ3) is 2.57. The van der Waals surface area contributed by atoms with Gasteiger partial charge in [-0.15, -0.1) is 0 Å². The molecule has 76 valence electrons. The van der Waals surface area contributed by atoms with Crippen molar-refractivity contribution in [2.24, 2.45) is 0 Å². The van der Waals surface area contributed by atoms with Gasteiger partial charge in [-0.1, -0.05) is 17.7 Å². The van der Waals surface area contributed by atoms with Crippen molar-refractivity contribution in [3.8, 4) is 11.8 Å². The molecule has 1 heterocycles. The minimum absolute atomic E-state index is 0.242. The molecule has 0 aliphatic heterocycles. The normalized spacial score (nSPS) is 9.93. The Morgan fingerprint density at radius 3 is 2.60 bits per heavy atom. The zero-order chi connectivity index (χ0) is 10.7. The average Bonchev–Trinajstić information content (AvgIpc) is 2.22. The number of aromatic nitrogens is 2. The molecule has 1 aromatic carbocycles. The van der Waals surface area contributed by atoms with Crippen LogP contribution in [0.4, 0.5) is 5.69 Å². The monoisotopic (exact) mass is 221 g/mol. The van der Waals surface area contributed by atoms with Crippen molar-refractivity contribution in [1.29, 1.82) is 0 Å². The number of halogens is 1. The molecule has 0 aliphatic carbocycles. The van der Waals surface area contributed by atoms with Gasteiger partial charge in [-0.3, -0.25) is 0 Å². The van der Waals surface area contributed by atoms with Crippen LogP contribution in [0.5, 0.6) is 11.8 Å². The Bertz CT molecular complexity index is 458. The van der Waals surface area contributed by atoms with Crippen molar-refractivity contribution >= 4 is 17.3 Å². The molecule has 0 bridgehead atoms. The van der Waals surface area contributed by atoms with E-state index >= 15 is 0 Å². The lowest BCUT2D eigenvalue weighted by molar-refractivity contribution is 0.442. The van der Waals surface area contributed by atoms with E-state index < -0.39 is 0 Å². The van der Waals surface area contributed by atoms with Gasteiger partial charge in [0.2, 0.25) is 0 Å². The van der Waals surface area contributed by atoms with E-state index in [1.54, 1.807) is 24.3 Å². The average molecular weight is 222 g/mol. The summed E-state index contributed by atoms with van der Waals surface area (Å²) >= 11 is 5.80. The zero-order valence-electron chi connectivity index (χ0n) is 7.72. The first kappa shape index (κ1) is 9.73. The van der Waals surface area contributed by atoms with Gasteiger partial charge in [0.25, 0.3) is 0 Å². The van der Waals surface area contributed by atoms with Crippen LogP contribution < -0.4 is 10.5 Å². The topological polar surface area (TPSA) is 61.0 Å². The van der Waals surface area contributed by atoms with Gasteiger partial charge in [0.05, 0.1) is 18.1 Å². The molecular weight excluding hydrogens is 214 g/mol. The van der Waals surface area contributed by atoms with Crippen LogP contribution in [0, 0.1) is 0 Å². The second kappa shape index (κ2) is 4.14. The van der Waals surface area contributed by atoms with Crippen LogP contribution in [-0.2, 0) is 0 Å². The molecular formula is C10H8ClN3O. The molecule has 2 aromatic rings. The van der Waals surface area contributed by atoms with Gasteiger partial charge in [0.1, 0.15) is 5.75 Å². The Hall–Kier alpha value is -1.81. The van der Waals surface area contributed by atoms with Crippen LogP contribution in [0.2, 0.25) is 5.02 Å². The van der Waals surface area contributed by atoms with Gasteiger partial charge in [-0.2, -0.15) is 0 Å². The highest BCUT2D eigenvalue weighted by atomic mass is 35.5. The van der Waals surface area contributed by atoms with Crippen molar-refractivity contribution < 1.29 is 4.74 Å². The summed E-state index contributed by atoms with van der Waals surface area (Å²) in [5, 5.41) is 0.600. The van der Waals surface area contributed by atoms with Crippen molar-refractivity contribution in [2.75, 3.05) is 5.73 Å². The number of nitrogen functional groups attached to an aromatic ring is 1. The largest absolute Gasteiger partial charge is 0.424 e. The fourth-order valence-corrected chi connectivity index (χ4v) is 1.20. The number of benzene rings is 1. The molecule has 0 aliphatic rings. The summed E-state index contributed by atoms with van der Waals surface area (Å²) < 4.78 is 5.35. The van der Waals surface area contributed by atoms with Crippen molar-refractivity contribution in [3.63, 3.8) is 0 Å². The van der Waals surface area contributed by atoms with E-state index in [-0.39, 0.29) is 6.01 Å². The van der Waals surface area contributed by atoms with Gasteiger partial charge in [-0.25, -0.2) is 9.97 Å². The third-order valence-electron chi connectivity index (χ3n) is 1.65. The Morgan fingerprint density at radius 2 is 1.93 bits per heavy atom. The molecule has 5 heteroatoms. The summed E-state index contributed by atoms with van der Waals surface area (Å²) in [4.78, 5) is 7.80. The maximum atomic E-state index is 5.80. The molecule has 0 saturated heterocycles. The number of ether oxygens (including phenoxy) is 1. The lowest BCUT2D eigenvalue weighted by Gasteiger charge is -2.03. The minimum Gasteiger partial charge on any atom is -0.424 e. The first-order chi connectivity index (χ1) is 7.24. The van der Waals surface area contributed by atoms with Crippen molar-refractivity contribution in [3.05, 3.63) is 41.7 Å². The molecule has 0 atom stereocenters. The molecule has 0 spiro atoms. The van der Waals surface area contributed by atoms with E-state index in [0.29, 0.717) is 16.5 Å². The molecule has 0 saturated carbocycles. The maximum absolute atomic E-state index is 5.80. The summed E-state index contributed by atoms with van der Waals surface area (Å²) in [6.07, 6.45) is 2.96. The van der Waals surface area contributed by atoms with E-state index in [1.165, 1.54) is 12.4 Å². The second-order valence-corrected chi connectivity index (χ2v) is 3.29.